The number of primary amides is 1. The largest absolute Gasteiger partial charge is 0.369 e. The minimum absolute atomic E-state index is 0.0444. The fourth-order valence-corrected chi connectivity index (χ4v) is 1.43. The van der Waals surface area contributed by atoms with Gasteiger partial charge in [-0.15, -0.1) is 0 Å². The number of nitrogens with one attached hydrogen (secondary N) is 2. The van der Waals surface area contributed by atoms with Gasteiger partial charge in [0.25, 0.3) is 0 Å². The summed E-state index contributed by atoms with van der Waals surface area (Å²) in [6.45, 7) is 3.02. The third-order valence-electron chi connectivity index (χ3n) is 2.47. The molecule has 4 N–H and O–H groups in total. The van der Waals surface area contributed by atoms with Crippen molar-refractivity contribution in [3.8, 4) is 0 Å². The molecule has 1 aromatic carbocycles. The Morgan fingerprint density at radius 2 is 1.58 bits per heavy atom. The van der Waals surface area contributed by atoms with Gasteiger partial charge in [-0.2, -0.15) is 0 Å². The summed E-state index contributed by atoms with van der Waals surface area (Å²) in [7, 11) is 0. The van der Waals surface area contributed by atoms with Crippen molar-refractivity contribution in [2.45, 2.75) is 20.3 Å². The minimum atomic E-state index is -0.504. The summed E-state index contributed by atoms with van der Waals surface area (Å²) < 4.78 is 0. The molecule has 0 spiro atoms. The molecular weight excluding hydrogens is 246 g/mol. The van der Waals surface area contributed by atoms with Gasteiger partial charge in [0.1, 0.15) is 0 Å². The van der Waals surface area contributed by atoms with E-state index in [1.54, 1.807) is 31.2 Å². The first-order valence-corrected chi connectivity index (χ1v) is 5.85. The predicted octanol–water partition coefficient (Wildman–Crippen LogP) is 1.09. The summed E-state index contributed by atoms with van der Waals surface area (Å²) in [4.78, 5) is 33.3. The molecule has 3 amide bonds. The molecule has 19 heavy (non-hydrogen) atoms. The van der Waals surface area contributed by atoms with Crippen LogP contribution >= 0.6 is 0 Å². The van der Waals surface area contributed by atoms with Crippen LogP contribution in [-0.4, -0.2) is 17.7 Å². The van der Waals surface area contributed by atoms with Crippen molar-refractivity contribution < 1.29 is 14.4 Å². The molecule has 0 bridgehead atoms. The van der Waals surface area contributed by atoms with Gasteiger partial charge >= 0.3 is 0 Å². The molecule has 6 heteroatoms. The van der Waals surface area contributed by atoms with Crippen LogP contribution in [0.15, 0.2) is 24.3 Å². The Balaban J connectivity index is 2.55. The van der Waals surface area contributed by atoms with Gasteiger partial charge in [0.05, 0.1) is 0 Å². The quantitative estimate of drug-likeness (QED) is 0.741. The van der Waals surface area contributed by atoms with Crippen molar-refractivity contribution in [1.82, 2.24) is 0 Å². The molecule has 102 valence electrons. The molecule has 0 fully saturated rings. The van der Waals surface area contributed by atoms with E-state index in [-0.39, 0.29) is 18.2 Å². The molecule has 0 radical (unpaired) electrons. The molecule has 0 heterocycles. The Bertz CT molecular complexity index is 482. The highest BCUT2D eigenvalue weighted by Gasteiger charge is 2.13. The molecule has 0 aliphatic heterocycles. The van der Waals surface area contributed by atoms with Crippen molar-refractivity contribution in [3.05, 3.63) is 24.3 Å². The Morgan fingerprint density at radius 1 is 1.11 bits per heavy atom. The summed E-state index contributed by atoms with van der Waals surface area (Å²) in [5.41, 5.74) is 6.33. The summed E-state index contributed by atoms with van der Waals surface area (Å²) in [6.07, 6.45) is 0.0444. The lowest BCUT2D eigenvalue weighted by molar-refractivity contribution is -0.125. The van der Waals surface area contributed by atoms with E-state index in [1.165, 1.54) is 6.92 Å². The number of carbonyl (C=O) groups is 3. The summed E-state index contributed by atoms with van der Waals surface area (Å²) in [6, 6.07) is 6.68. The molecule has 1 aromatic rings. The number of nitrogens with two attached hydrogens (primary N) is 1. The fourth-order valence-electron chi connectivity index (χ4n) is 1.43. The van der Waals surface area contributed by atoms with E-state index in [0.717, 1.165) is 0 Å². The van der Waals surface area contributed by atoms with Crippen LogP contribution in [0.1, 0.15) is 20.3 Å². The van der Waals surface area contributed by atoms with Crippen molar-refractivity contribution >= 4 is 29.1 Å². The first kappa shape index (κ1) is 14.7. The zero-order valence-corrected chi connectivity index (χ0v) is 10.9. The lowest BCUT2D eigenvalue weighted by Gasteiger charge is -2.09. The maximum Gasteiger partial charge on any atom is 0.225 e. The second-order valence-corrected chi connectivity index (χ2v) is 4.31. The van der Waals surface area contributed by atoms with Crippen LogP contribution in [0, 0.1) is 5.92 Å². The summed E-state index contributed by atoms with van der Waals surface area (Å²) in [5.74, 6) is -1.44. The van der Waals surface area contributed by atoms with E-state index in [2.05, 4.69) is 10.6 Å². The van der Waals surface area contributed by atoms with Crippen LogP contribution in [0.2, 0.25) is 0 Å². The zero-order valence-electron chi connectivity index (χ0n) is 10.9. The number of benzene rings is 1. The molecule has 1 atom stereocenters. The van der Waals surface area contributed by atoms with Crippen molar-refractivity contribution in [2.75, 3.05) is 10.6 Å². The van der Waals surface area contributed by atoms with E-state index < -0.39 is 11.8 Å². The van der Waals surface area contributed by atoms with Gasteiger partial charge in [-0.05, 0) is 24.3 Å². The van der Waals surface area contributed by atoms with Crippen molar-refractivity contribution in [3.63, 3.8) is 0 Å². The molecule has 0 aliphatic carbocycles. The SMILES string of the molecule is CC(=O)Nc1ccc(NC(=O)CC(C)C(N)=O)cc1. The van der Waals surface area contributed by atoms with Gasteiger partial charge in [0, 0.05) is 30.6 Å². The third-order valence-corrected chi connectivity index (χ3v) is 2.47. The molecule has 1 rings (SSSR count). The number of hydrogen-bond donors (Lipinski definition) is 3. The molecule has 0 saturated heterocycles. The van der Waals surface area contributed by atoms with Gasteiger partial charge in [0.15, 0.2) is 0 Å². The van der Waals surface area contributed by atoms with Gasteiger partial charge in [-0.3, -0.25) is 14.4 Å². The monoisotopic (exact) mass is 263 g/mol. The zero-order chi connectivity index (χ0) is 14.4. The number of amides is 3. The number of hydrogen-bond acceptors (Lipinski definition) is 3. The Morgan fingerprint density at radius 3 is 2.00 bits per heavy atom. The molecule has 1 unspecified atom stereocenters. The molecular formula is C13H17N3O3. The van der Waals surface area contributed by atoms with Crippen molar-refractivity contribution in [2.24, 2.45) is 11.7 Å². The number of anilines is 2. The molecule has 0 saturated carbocycles. The predicted molar refractivity (Wildman–Crippen MR) is 72.4 cm³/mol. The van der Waals surface area contributed by atoms with Crippen LogP contribution in [0.25, 0.3) is 0 Å². The highest BCUT2D eigenvalue weighted by Crippen LogP contribution is 2.14. The summed E-state index contributed by atoms with van der Waals surface area (Å²) >= 11 is 0. The Labute approximate surface area is 111 Å². The van der Waals surface area contributed by atoms with Crippen LogP contribution in [0.5, 0.6) is 0 Å². The van der Waals surface area contributed by atoms with Gasteiger partial charge in [-0.1, -0.05) is 6.92 Å². The molecule has 0 aliphatic rings. The van der Waals surface area contributed by atoms with Gasteiger partial charge in [-0.25, -0.2) is 0 Å². The fraction of sp³-hybridized carbons (Fsp3) is 0.308. The highest BCUT2D eigenvalue weighted by atomic mass is 16.2. The van der Waals surface area contributed by atoms with Crippen LogP contribution in [-0.2, 0) is 14.4 Å². The normalized spacial score (nSPS) is 11.5. The number of rotatable bonds is 5. The maximum atomic E-state index is 11.6. The smallest absolute Gasteiger partial charge is 0.225 e. The topological polar surface area (TPSA) is 101 Å². The third kappa shape index (κ3) is 5.20. The van der Waals surface area contributed by atoms with Crippen molar-refractivity contribution in [1.29, 1.82) is 0 Å². The van der Waals surface area contributed by atoms with E-state index >= 15 is 0 Å². The van der Waals surface area contributed by atoms with E-state index in [0.29, 0.717) is 11.4 Å². The first-order chi connectivity index (χ1) is 8.88. The second kappa shape index (κ2) is 6.53. The minimum Gasteiger partial charge on any atom is -0.369 e. The Kier molecular flexibility index (Phi) is 5.05. The highest BCUT2D eigenvalue weighted by molar-refractivity contribution is 5.94. The molecule has 6 nitrogen and oxygen atoms in total. The van der Waals surface area contributed by atoms with Crippen LogP contribution in [0.3, 0.4) is 0 Å². The lowest BCUT2D eigenvalue weighted by Crippen LogP contribution is -2.25. The summed E-state index contributed by atoms with van der Waals surface area (Å²) in [5, 5.41) is 5.27. The van der Waals surface area contributed by atoms with E-state index in [1.807, 2.05) is 0 Å². The molecule has 0 aromatic heterocycles. The van der Waals surface area contributed by atoms with Crippen LogP contribution in [0.4, 0.5) is 11.4 Å². The number of carbonyl (C=O) groups excluding carboxylic acids is 3. The maximum absolute atomic E-state index is 11.6. The average molecular weight is 263 g/mol. The first-order valence-electron chi connectivity index (χ1n) is 5.85. The standard InChI is InChI=1S/C13H17N3O3/c1-8(13(14)19)7-12(18)16-11-5-3-10(4-6-11)15-9(2)17/h3-6,8H,7H2,1-2H3,(H2,14,19)(H,15,17)(H,16,18). The van der Waals surface area contributed by atoms with E-state index in [4.69, 9.17) is 5.73 Å². The van der Waals surface area contributed by atoms with Gasteiger partial charge < -0.3 is 16.4 Å². The lowest BCUT2D eigenvalue weighted by atomic mass is 10.1. The Hall–Kier alpha value is -2.37. The average Bonchev–Trinajstić information content (AvgIpc) is 2.30. The van der Waals surface area contributed by atoms with Gasteiger partial charge in [0.2, 0.25) is 17.7 Å². The second-order valence-electron chi connectivity index (χ2n) is 4.31. The van der Waals surface area contributed by atoms with Crippen LogP contribution < -0.4 is 16.4 Å². The van der Waals surface area contributed by atoms with E-state index in [9.17, 15) is 14.4 Å².